The Labute approximate surface area is 168 Å². The number of aromatic nitrogens is 1. The van der Waals surface area contributed by atoms with Crippen molar-refractivity contribution in [3.8, 4) is 5.75 Å². The molecule has 1 aromatic carbocycles. The number of nitrogens with zero attached hydrogens (tertiary/aromatic N) is 1. The predicted octanol–water partition coefficient (Wildman–Crippen LogP) is 4.37. The second kappa shape index (κ2) is 11.9. The van der Waals surface area contributed by atoms with E-state index in [0.717, 1.165) is 68.1 Å². The average Bonchev–Trinajstić information content (AvgIpc) is 3.02. The third kappa shape index (κ3) is 6.74. The molecule has 27 heavy (non-hydrogen) atoms. The summed E-state index contributed by atoms with van der Waals surface area (Å²) in [6, 6.07) is 4.65. The number of carbonyl (C=O) groups excluding carboxylic acids is 1. The Kier molecular flexibility index (Phi) is 10.3. The minimum absolute atomic E-state index is 0. The van der Waals surface area contributed by atoms with Crippen LogP contribution in [0.3, 0.4) is 0 Å². The molecule has 0 fully saturated rings. The molecule has 0 bridgehead atoms. The van der Waals surface area contributed by atoms with Crippen LogP contribution in [0.2, 0.25) is 0 Å². The number of nitrogens with one attached hydrogen (secondary N) is 1. The van der Waals surface area contributed by atoms with E-state index in [1.807, 2.05) is 17.2 Å². The third-order valence-electron chi connectivity index (χ3n) is 4.88. The summed E-state index contributed by atoms with van der Waals surface area (Å²) in [5.74, 6) is 0.255. The summed E-state index contributed by atoms with van der Waals surface area (Å²) in [7, 11) is 0. The van der Waals surface area contributed by atoms with Crippen molar-refractivity contribution in [1.29, 1.82) is 0 Å². The molecule has 5 nitrogen and oxygen atoms in total. The van der Waals surface area contributed by atoms with Crippen LogP contribution < -0.4 is 5.73 Å². The van der Waals surface area contributed by atoms with Gasteiger partial charge in [-0.05, 0) is 43.0 Å². The number of amides is 1. The number of carbonyl (C=O) groups is 1. The van der Waals surface area contributed by atoms with Crippen LogP contribution >= 0.6 is 12.4 Å². The summed E-state index contributed by atoms with van der Waals surface area (Å²) in [6.07, 6.45) is 8.97. The minimum Gasteiger partial charge on any atom is -0.508 e. The highest BCUT2D eigenvalue weighted by molar-refractivity contribution is 5.87. The van der Waals surface area contributed by atoms with E-state index in [9.17, 15) is 9.90 Å². The van der Waals surface area contributed by atoms with Crippen molar-refractivity contribution in [2.24, 2.45) is 5.73 Å². The van der Waals surface area contributed by atoms with Gasteiger partial charge in [-0.15, -0.1) is 12.4 Å². The molecule has 0 saturated heterocycles. The number of rotatable bonds is 11. The van der Waals surface area contributed by atoms with Crippen LogP contribution in [0.15, 0.2) is 24.4 Å². The first-order chi connectivity index (χ1) is 12.6. The second-order valence-electron chi connectivity index (χ2n) is 7.09. The highest BCUT2D eigenvalue weighted by atomic mass is 35.5. The summed E-state index contributed by atoms with van der Waals surface area (Å²) < 4.78 is 0. The van der Waals surface area contributed by atoms with Crippen LogP contribution in [0.1, 0.15) is 57.9 Å². The van der Waals surface area contributed by atoms with E-state index in [2.05, 4.69) is 18.8 Å². The molecule has 6 heteroatoms. The molecular formula is C21H34ClN3O2. The van der Waals surface area contributed by atoms with Gasteiger partial charge in [0.15, 0.2) is 0 Å². The Bertz CT molecular complexity index is 692. The maximum Gasteiger partial charge on any atom is 0.239 e. The summed E-state index contributed by atoms with van der Waals surface area (Å²) in [4.78, 5) is 18.0. The zero-order valence-electron chi connectivity index (χ0n) is 16.5. The molecule has 0 radical (unpaired) electrons. The first-order valence-electron chi connectivity index (χ1n) is 9.90. The highest BCUT2D eigenvalue weighted by Crippen LogP contribution is 2.24. The van der Waals surface area contributed by atoms with Crippen LogP contribution in [-0.2, 0) is 11.2 Å². The molecule has 152 valence electrons. The molecular weight excluding hydrogens is 362 g/mol. The van der Waals surface area contributed by atoms with Crippen LogP contribution in [0, 0.1) is 0 Å². The molecule has 0 aliphatic carbocycles. The van der Waals surface area contributed by atoms with Crippen LogP contribution in [0.4, 0.5) is 0 Å². The second-order valence-corrected chi connectivity index (χ2v) is 7.09. The van der Waals surface area contributed by atoms with E-state index in [-0.39, 0.29) is 24.1 Å². The monoisotopic (exact) mass is 395 g/mol. The Morgan fingerprint density at radius 2 is 1.78 bits per heavy atom. The molecule has 2 rings (SSSR count). The third-order valence-corrected chi connectivity index (χ3v) is 4.88. The Hall–Kier alpha value is -1.72. The fraction of sp³-hybridized carbons (Fsp3) is 0.571. The van der Waals surface area contributed by atoms with Crippen LogP contribution in [0.5, 0.6) is 5.75 Å². The molecule has 1 aromatic heterocycles. The SMILES string of the molecule is CCCCCN(CCCCC)C(=O)[C@@H](N)Cc1c[nH]c2ccc(O)cc12.Cl. The number of benzene rings is 1. The van der Waals surface area contributed by atoms with Gasteiger partial charge in [0.25, 0.3) is 0 Å². The Morgan fingerprint density at radius 1 is 1.15 bits per heavy atom. The average molecular weight is 396 g/mol. The van der Waals surface area contributed by atoms with Gasteiger partial charge in [0.2, 0.25) is 5.91 Å². The number of hydrogen-bond donors (Lipinski definition) is 3. The normalized spacial score (nSPS) is 12.0. The fourth-order valence-corrected chi connectivity index (χ4v) is 3.33. The first kappa shape index (κ1) is 23.3. The zero-order valence-corrected chi connectivity index (χ0v) is 17.4. The number of fused-ring (bicyclic) bond motifs is 1. The quantitative estimate of drug-likeness (QED) is 0.494. The van der Waals surface area contributed by atoms with Gasteiger partial charge in [-0.1, -0.05) is 39.5 Å². The molecule has 0 spiro atoms. The summed E-state index contributed by atoms with van der Waals surface area (Å²) in [5, 5.41) is 10.7. The molecule has 0 aliphatic heterocycles. The summed E-state index contributed by atoms with van der Waals surface area (Å²) >= 11 is 0. The lowest BCUT2D eigenvalue weighted by Crippen LogP contribution is -2.45. The number of H-pyrrole nitrogens is 1. The molecule has 0 unspecified atom stereocenters. The fourth-order valence-electron chi connectivity index (χ4n) is 3.33. The van der Waals surface area contributed by atoms with Crippen molar-refractivity contribution in [2.75, 3.05) is 13.1 Å². The minimum atomic E-state index is -0.556. The van der Waals surface area contributed by atoms with Crippen molar-refractivity contribution >= 4 is 29.2 Å². The molecule has 1 amide bonds. The van der Waals surface area contributed by atoms with E-state index >= 15 is 0 Å². The number of aromatic hydroxyl groups is 1. The van der Waals surface area contributed by atoms with Gasteiger partial charge in [-0.25, -0.2) is 0 Å². The smallest absolute Gasteiger partial charge is 0.239 e. The van der Waals surface area contributed by atoms with Gasteiger partial charge in [0.1, 0.15) is 5.75 Å². The summed E-state index contributed by atoms with van der Waals surface area (Å²) in [5.41, 5.74) is 8.20. The van der Waals surface area contributed by atoms with Crippen molar-refractivity contribution < 1.29 is 9.90 Å². The van der Waals surface area contributed by atoms with Crippen LogP contribution in [0.25, 0.3) is 10.9 Å². The van der Waals surface area contributed by atoms with Gasteiger partial charge in [-0.3, -0.25) is 4.79 Å². The van der Waals surface area contributed by atoms with Crippen molar-refractivity contribution in [1.82, 2.24) is 9.88 Å². The van der Waals surface area contributed by atoms with Crippen molar-refractivity contribution in [2.45, 2.75) is 64.8 Å². The maximum atomic E-state index is 12.9. The Morgan fingerprint density at radius 3 is 2.37 bits per heavy atom. The van der Waals surface area contributed by atoms with Gasteiger partial charge >= 0.3 is 0 Å². The van der Waals surface area contributed by atoms with E-state index < -0.39 is 6.04 Å². The van der Waals surface area contributed by atoms with Gasteiger partial charge in [0.05, 0.1) is 6.04 Å². The van der Waals surface area contributed by atoms with E-state index in [1.54, 1.807) is 12.1 Å². The van der Waals surface area contributed by atoms with Crippen molar-refractivity contribution in [3.05, 3.63) is 30.0 Å². The van der Waals surface area contributed by atoms with Gasteiger partial charge in [0, 0.05) is 30.2 Å². The van der Waals surface area contributed by atoms with Gasteiger partial charge in [-0.2, -0.15) is 0 Å². The molecule has 2 aromatic rings. The number of unbranched alkanes of at least 4 members (excludes halogenated alkanes) is 4. The number of hydrogen-bond acceptors (Lipinski definition) is 3. The largest absolute Gasteiger partial charge is 0.508 e. The predicted molar refractivity (Wildman–Crippen MR) is 115 cm³/mol. The first-order valence-corrected chi connectivity index (χ1v) is 9.90. The molecule has 1 atom stereocenters. The standard InChI is InChI=1S/C21H33N3O2.ClH/c1-3-5-7-11-24(12-8-6-4-2)21(26)19(22)13-16-15-23-20-10-9-17(25)14-18(16)20;/h9-10,14-15,19,23,25H,3-8,11-13,22H2,1-2H3;1H/t19-;/m0./s1. The number of phenolic OH excluding ortho intramolecular Hbond substituents is 1. The van der Waals surface area contributed by atoms with Crippen molar-refractivity contribution in [3.63, 3.8) is 0 Å². The molecule has 1 heterocycles. The molecule has 4 N–H and O–H groups in total. The number of phenols is 1. The number of halogens is 1. The van der Waals surface area contributed by atoms with Crippen LogP contribution in [-0.4, -0.2) is 40.0 Å². The zero-order chi connectivity index (χ0) is 18.9. The highest BCUT2D eigenvalue weighted by Gasteiger charge is 2.22. The molecule has 0 aliphatic rings. The van der Waals surface area contributed by atoms with E-state index in [1.165, 1.54) is 0 Å². The van der Waals surface area contributed by atoms with E-state index in [4.69, 9.17) is 5.73 Å². The maximum absolute atomic E-state index is 12.9. The lowest BCUT2D eigenvalue weighted by atomic mass is 10.0. The lowest BCUT2D eigenvalue weighted by molar-refractivity contribution is -0.132. The topological polar surface area (TPSA) is 82.3 Å². The number of nitrogens with two attached hydrogens (primary N) is 1. The van der Waals surface area contributed by atoms with Gasteiger partial charge < -0.3 is 20.7 Å². The lowest BCUT2D eigenvalue weighted by Gasteiger charge is -2.26. The molecule has 0 saturated carbocycles. The van der Waals surface area contributed by atoms with E-state index in [0.29, 0.717) is 6.42 Å². The number of aromatic amines is 1. The Balaban J connectivity index is 0.00000364. The summed E-state index contributed by atoms with van der Waals surface area (Å²) in [6.45, 7) is 5.92.